The Kier molecular flexibility index (Phi) is 6.42. The van der Waals surface area contributed by atoms with Gasteiger partial charge in [-0.2, -0.15) is 0 Å². The molecule has 3 aromatic rings. The smallest absolute Gasteiger partial charge is 0.315 e. The number of rotatable bonds is 6. The number of nitrogens with zero attached hydrogens (tertiary/aromatic N) is 1. The van der Waals surface area contributed by atoms with Gasteiger partial charge in [0.25, 0.3) is 5.91 Å². The molecular formula is C22H23N5O2. The van der Waals surface area contributed by atoms with Crippen LogP contribution in [0.4, 0.5) is 16.3 Å². The van der Waals surface area contributed by atoms with Gasteiger partial charge in [-0.1, -0.05) is 42.0 Å². The van der Waals surface area contributed by atoms with Crippen molar-refractivity contribution in [2.75, 3.05) is 11.1 Å². The molecule has 0 aliphatic carbocycles. The maximum atomic E-state index is 12.3. The first-order valence-corrected chi connectivity index (χ1v) is 9.19. The third-order valence-corrected chi connectivity index (χ3v) is 4.33. The van der Waals surface area contributed by atoms with Crippen molar-refractivity contribution in [1.82, 2.24) is 15.6 Å². The molecule has 0 saturated carbocycles. The Morgan fingerprint density at radius 1 is 0.897 bits per heavy atom. The first-order valence-electron chi connectivity index (χ1n) is 9.19. The number of nitrogens with two attached hydrogens (primary N) is 1. The van der Waals surface area contributed by atoms with Gasteiger partial charge in [0.05, 0.1) is 5.69 Å². The first-order chi connectivity index (χ1) is 14.0. The highest BCUT2D eigenvalue weighted by Gasteiger charge is 2.08. The second-order valence-electron chi connectivity index (χ2n) is 6.61. The van der Waals surface area contributed by atoms with E-state index < -0.39 is 0 Å². The van der Waals surface area contributed by atoms with Gasteiger partial charge in [-0.3, -0.25) is 4.79 Å². The highest BCUT2D eigenvalue weighted by Crippen LogP contribution is 2.15. The van der Waals surface area contributed by atoms with Crippen LogP contribution >= 0.6 is 0 Å². The molecule has 0 fully saturated rings. The standard InChI is InChI=1S/C22H23N5O2/c1-15-4-6-16(7-5-15)13-25-22(29)26-14-17-8-10-18(11-9-17)21(28)27-19-3-2-12-24-20(19)23/h2-12H,13-14H2,1H3,(H2,23,24)(H,27,28)(H2,25,26,29). The molecule has 1 aromatic heterocycles. The van der Waals surface area contributed by atoms with Crippen LogP contribution in [0.2, 0.25) is 0 Å². The van der Waals surface area contributed by atoms with Crippen molar-refractivity contribution in [3.8, 4) is 0 Å². The van der Waals surface area contributed by atoms with Gasteiger partial charge < -0.3 is 21.7 Å². The summed E-state index contributed by atoms with van der Waals surface area (Å²) in [5.74, 6) is -0.0154. The summed E-state index contributed by atoms with van der Waals surface area (Å²) >= 11 is 0. The molecule has 7 heteroatoms. The average Bonchev–Trinajstić information content (AvgIpc) is 2.74. The summed E-state index contributed by atoms with van der Waals surface area (Å²) in [5.41, 5.74) is 9.79. The maximum Gasteiger partial charge on any atom is 0.315 e. The normalized spacial score (nSPS) is 10.2. The minimum atomic E-state index is -0.278. The number of anilines is 2. The largest absolute Gasteiger partial charge is 0.382 e. The fourth-order valence-corrected chi connectivity index (χ4v) is 2.62. The lowest BCUT2D eigenvalue weighted by atomic mass is 10.1. The number of hydrogen-bond donors (Lipinski definition) is 4. The Labute approximate surface area is 169 Å². The van der Waals surface area contributed by atoms with Crippen LogP contribution < -0.4 is 21.7 Å². The Hall–Kier alpha value is -3.87. The number of pyridine rings is 1. The van der Waals surface area contributed by atoms with Gasteiger partial charge >= 0.3 is 6.03 Å². The van der Waals surface area contributed by atoms with E-state index in [0.29, 0.717) is 24.3 Å². The van der Waals surface area contributed by atoms with Crippen LogP contribution in [-0.2, 0) is 13.1 Å². The zero-order chi connectivity index (χ0) is 20.6. The third-order valence-electron chi connectivity index (χ3n) is 4.33. The number of carbonyl (C=O) groups is 2. The Balaban J connectivity index is 1.47. The van der Waals surface area contributed by atoms with Gasteiger partial charge in [-0.25, -0.2) is 9.78 Å². The molecule has 3 rings (SSSR count). The van der Waals surface area contributed by atoms with E-state index in [1.807, 2.05) is 31.2 Å². The predicted octanol–water partition coefficient (Wildman–Crippen LogP) is 3.22. The van der Waals surface area contributed by atoms with E-state index in [1.165, 1.54) is 5.56 Å². The van der Waals surface area contributed by atoms with Gasteiger partial charge in [0, 0.05) is 24.8 Å². The van der Waals surface area contributed by atoms with Crippen LogP contribution in [0, 0.1) is 6.92 Å². The van der Waals surface area contributed by atoms with Crippen LogP contribution in [0.3, 0.4) is 0 Å². The Bertz CT molecular complexity index is 985. The fourth-order valence-electron chi connectivity index (χ4n) is 2.62. The number of urea groups is 1. The van der Waals surface area contributed by atoms with Crippen molar-refractivity contribution in [2.45, 2.75) is 20.0 Å². The molecule has 5 N–H and O–H groups in total. The zero-order valence-corrected chi connectivity index (χ0v) is 16.1. The number of carbonyl (C=O) groups excluding carboxylic acids is 2. The zero-order valence-electron chi connectivity index (χ0n) is 16.1. The summed E-state index contributed by atoms with van der Waals surface area (Å²) in [6.45, 7) is 2.84. The lowest BCUT2D eigenvalue weighted by Gasteiger charge is -2.09. The lowest BCUT2D eigenvalue weighted by molar-refractivity contribution is 0.102. The fraction of sp³-hybridized carbons (Fsp3) is 0.136. The number of aromatic nitrogens is 1. The summed E-state index contributed by atoms with van der Waals surface area (Å²) < 4.78 is 0. The van der Waals surface area contributed by atoms with E-state index in [-0.39, 0.29) is 17.8 Å². The van der Waals surface area contributed by atoms with E-state index in [4.69, 9.17) is 5.73 Å². The van der Waals surface area contributed by atoms with Crippen LogP contribution in [0.5, 0.6) is 0 Å². The number of nitrogen functional groups attached to an aromatic ring is 1. The second-order valence-corrected chi connectivity index (χ2v) is 6.61. The Morgan fingerprint density at radius 2 is 1.48 bits per heavy atom. The molecule has 29 heavy (non-hydrogen) atoms. The average molecular weight is 389 g/mol. The molecule has 2 aromatic carbocycles. The van der Waals surface area contributed by atoms with Crippen molar-refractivity contribution in [1.29, 1.82) is 0 Å². The molecule has 0 atom stereocenters. The van der Waals surface area contributed by atoms with Crippen LogP contribution in [0.15, 0.2) is 66.9 Å². The summed E-state index contributed by atoms with van der Waals surface area (Å²) in [4.78, 5) is 28.2. The van der Waals surface area contributed by atoms with Crippen LogP contribution in [-0.4, -0.2) is 16.9 Å². The Morgan fingerprint density at radius 3 is 2.07 bits per heavy atom. The molecule has 0 unspecified atom stereocenters. The summed E-state index contributed by atoms with van der Waals surface area (Å²) in [6, 6.07) is 18.1. The van der Waals surface area contributed by atoms with Gasteiger partial charge in [-0.05, 0) is 42.3 Å². The molecule has 0 bridgehead atoms. The first kappa shape index (κ1) is 19.9. The molecule has 148 valence electrons. The molecule has 1 heterocycles. The monoisotopic (exact) mass is 389 g/mol. The molecule has 0 aliphatic rings. The molecule has 0 spiro atoms. The van der Waals surface area contributed by atoms with E-state index in [0.717, 1.165) is 11.1 Å². The number of benzene rings is 2. The molecule has 0 radical (unpaired) electrons. The predicted molar refractivity (Wildman–Crippen MR) is 113 cm³/mol. The summed E-state index contributed by atoms with van der Waals surface area (Å²) in [7, 11) is 0. The molecule has 3 amide bonds. The SMILES string of the molecule is Cc1ccc(CNC(=O)NCc2ccc(C(=O)Nc3cccnc3N)cc2)cc1. The minimum Gasteiger partial charge on any atom is -0.382 e. The van der Waals surface area contributed by atoms with Crippen molar-refractivity contribution < 1.29 is 9.59 Å². The van der Waals surface area contributed by atoms with Crippen LogP contribution in [0.1, 0.15) is 27.0 Å². The highest BCUT2D eigenvalue weighted by molar-refractivity contribution is 6.05. The number of hydrogen-bond acceptors (Lipinski definition) is 4. The van der Waals surface area contributed by atoms with Gasteiger partial charge in [0.15, 0.2) is 0 Å². The number of nitrogens with one attached hydrogen (secondary N) is 3. The van der Waals surface area contributed by atoms with E-state index in [9.17, 15) is 9.59 Å². The molecule has 7 nitrogen and oxygen atoms in total. The summed E-state index contributed by atoms with van der Waals surface area (Å²) in [5, 5.41) is 8.35. The van der Waals surface area contributed by atoms with E-state index in [2.05, 4.69) is 20.9 Å². The van der Waals surface area contributed by atoms with E-state index in [1.54, 1.807) is 42.6 Å². The van der Waals surface area contributed by atoms with Crippen molar-refractivity contribution >= 4 is 23.4 Å². The second kappa shape index (κ2) is 9.36. The topological polar surface area (TPSA) is 109 Å². The number of aryl methyl sites for hydroxylation is 1. The van der Waals surface area contributed by atoms with E-state index >= 15 is 0 Å². The quantitative estimate of drug-likeness (QED) is 0.519. The molecule has 0 saturated heterocycles. The minimum absolute atomic E-state index is 0.251. The van der Waals surface area contributed by atoms with Crippen molar-refractivity contribution in [2.24, 2.45) is 0 Å². The van der Waals surface area contributed by atoms with Gasteiger partial charge in [0.1, 0.15) is 5.82 Å². The molecule has 0 aliphatic heterocycles. The van der Waals surface area contributed by atoms with Crippen LogP contribution in [0.25, 0.3) is 0 Å². The third kappa shape index (κ3) is 5.80. The van der Waals surface area contributed by atoms with Gasteiger partial charge in [-0.15, -0.1) is 0 Å². The highest BCUT2D eigenvalue weighted by atomic mass is 16.2. The molecular weight excluding hydrogens is 366 g/mol. The van der Waals surface area contributed by atoms with Gasteiger partial charge in [0.2, 0.25) is 0 Å². The maximum absolute atomic E-state index is 12.3. The van der Waals surface area contributed by atoms with Crippen molar-refractivity contribution in [3.05, 3.63) is 89.1 Å². The van der Waals surface area contributed by atoms with Crippen molar-refractivity contribution in [3.63, 3.8) is 0 Å². The lowest BCUT2D eigenvalue weighted by Crippen LogP contribution is -2.34. The summed E-state index contributed by atoms with van der Waals surface area (Å²) in [6.07, 6.45) is 1.56. The number of amides is 3.